The minimum Gasteiger partial charge on any atom is -0.383 e. The summed E-state index contributed by atoms with van der Waals surface area (Å²) in [6.07, 6.45) is 4.54. The second kappa shape index (κ2) is 6.58. The molecule has 2 unspecified atom stereocenters. The first kappa shape index (κ1) is 17.0. The van der Waals surface area contributed by atoms with Crippen LogP contribution in [0.15, 0.2) is 21.7 Å². The number of rotatable bonds is 3. The number of carbonyl (C=O) groups is 2. The summed E-state index contributed by atoms with van der Waals surface area (Å²) < 4.78 is 6.56. The van der Waals surface area contributed by atoms with E-state index in [1.807, 2.05) is 6.92 Å². The number of piperidine rings is 1. The van der Waals surface area contributed by atoms with Gasteiger partial charge in [0.2, 0.25) is 0 Å². The predicted octanol–water partition coefficient (Wildman–Crippen LogP) is 0.433. The van der Waals surface area contributed by atoms with Gasteiger partial charge in [-0.25, -0.2) is 4.98 Å². The topological polar surface area (TPSA) is 113 Å². The van der Waals surface area contributed by atoms with Crippen molar-refractivity contribution < 1.29 is 14.1 Å². The Morgan fingerprint density at radius 2 is 2.20 bits per heavy atom. The largest absolute Gasteiger partial charge is 0.383 e. The Hall–Kier alpha value is -2.84. The van der Waals surface area contributed by atoms with E-state index >= 15 is 0 Å². The molecule has 2 N–H and O–H groups in total. The number of likely N-dealkylation sites (tertiary alicyclic amines) is 1. The highest BCUT2D eigenvalue weighted by Crippen LogP contribution is 2.20. The molecule has 9 nitrogen and oxygen atoms in total. The first-order valence-electron chi connectivity index (χ1n) is 8.15. The lowest BCUT2D eigenvalue weighted by Crippen LogP contribution is -2.51. The van der Waals surface area contributed by atoms with E-state index in [0.717, 1.165) is 0 Å². The predicted molar refractivity (Wildman–Crippen MR) is 88.3 cm³/mol. The van der Waals surface area contributed by atoms with E-state index in [-0.39, 0.29) is 29.3 Å². The van der Waals surface area contributed by atoms with Crippen molar-refractivity contribution in [2.75, 3.05) is 6.54 Å². The van der Waals surface area contributed by atoms with E-state index in [4.69, 9.17) is 4.52 Å². The molecule has 2 aromatic heterocycles. The summed E-state index contributed by atoms with van der Waals surface area (Å²) in [6, 6.07) is -0.159. The van der Waals surface area contributed by atoms with Gasteiger partial charge in [0.15, 0.2) is 5.82 Å². The molecular formula is C16H21N5O4. The fraction of sp³-hybridized carbons (Fsp3) is 0.500. The standard InChI is InChI=1S/C16H21N5O4/c1-9-8-11(18-14(22)12-10(2)25-19-15(12)23)4-6-21(9)16(24)13-17-5-7-20(13)3/h5,7,9,11H,4,6,8H2,1-3H3,(H,18,22)(H,19,23). The van der Waals surface area contributed by atoms with Crippen molar-refractivity contribution in [1.29, 1.82) is 0 Å². The Morgan fingerprint density at radius 1 is 1.44 bits per heavy atom. The van der Waals surface area contributed by atoms with E-state index < -0.39 is 11.5 Å². The third kappa shape index (κ3) is 3.21. The highest BCUT2D eigenvalue weighted by Gasteiger charge is 2.32. The maximum absolute atomic E-state index is 12.6. The molecule has 0 spiro atoms. The number of aromatic amines is 1. The number of aromatic nitrogens is 3. The lowest BCUT2D eigenvalue weighted by atomic mass is 9.97. The number of hydrogen-bond acceptors (Lipinski definition) is 5. The zero-order valence-electron chi connectivity index (χ0n) is 14.4. The average Bonchev–Trinajstić information content (AvgIpc) is 3.12. The minimum atomic E-state index is -0.537. The van der Waals surface area contributed by atoms with Crippen molar-refractivity contribution in [1.82, 2.24) is 24.9 Å². The summed E-state index contributed by atoms with van der Waals surface area (Å²) in [5, 5.41) is 5.01. The summed E-state index contributed by atoms with van der Waals surface area (Å²) in [6.45, 7) is 4.01. The lowest BCUT2D eigenvalue weighted by Gasteiger charge is -2.37. The molecule has 3 heterocycles. The third-order valence-corrected chi connectivity index (χ3v) is 4.59. The molecule has 9 heteroatoms. The van der Waals surface area contributed by atoms with Crippen molar-refractivity contribution in [2.24, 2.45) is 7.05 Å². The van der Waals surface area contributed by atoms with Gasteiger partial charge >= 0.3 is 0 Å². The van der Waals surface area contributed by atoms with Gasteiger partial charge in [0, 0.05) is 38.1 Å². The molecule has 2 aromatic rings. The molecule has 0 radical (unpaired) electrons. The average molecular weight is 347 g/mol. The zero-order chi connectivity index (χ0) is 18.1. The number of aryl methyl sites for hydroxylation is 2. The van der Waals surface area contributed by atoms with Crippen molar-refractivity contribution in [3.63, 3.8) is 0 Å². The summed E-state index contributed by atoms with van der Waals surface area (Å²) in [4.78, 5) is 42.4. The number of nitrogens with one attached hydrogen (secondary N) is 2. The Labute approximate surface area is 144 Å². The molecule has 1 saturated heterocycles. The Balaban J connectivity index is 1.64. The van der Waals surface area contributed by atoms with Crippen LogP contribution in [0.1, 0.15) is 46.5 Å². The van der Waals surface area contributed by atoms with Crippen LogP contribution in [-0.2, 0) is 7.05 Å². The van der Waals surface area contributed by atoms with Crippen LogP contribution in [0.5, 0.6) is 0 Å². The minimum absolute atomic E-state index is 0.000769. The number of carbonyl (C=O) groups excluding carboxylic acids is 2. The summed E-state index contributed by atoms with van der Waals surface area (Å²) in [5.41, 5.74) is -0.537. The fourth-order valence-corrected chi connectivity index (χ4v) is 3.21. The Morgan fingerprint density at radius 3 is 2.76 bits per heavy atom. The van der Waals surface area contributed by atoms with Gasteiger partial charge < -0.3 is 19.3 Å². The van der Waals surface area contributed by atoms with Crippen LogP contribution >= 0.6 is 0 Å². The molecule has 25 heavy (non-hydrogen) atoms. The summed E-state index contributed by atoms with van der Waals surface area (Å²) >= 11 is 0. The van der Waals surface area contributed by atoms with Crippen LogP contribution in [0.25, 0.3) is 0 Å². The van der Waals surface area contributed by atoms with Crippen LogP contribution in [0.4, 0.5) is 0 Å². The van der Waals surface area contributed by atoms with E-state index in [2.05, 4.69) is 15.5 Å². The number of H-pyrrole nitrogens is 1. The second-order valence-electron chi connectivity index (χ2n) is 6.37. The van der Waals surface area contributed by atoms with E-state index in [1.54, 1.807) is 35.8 Å². The van der Waals surface area contributed by atoms with Crippen molar-refractivity contribution >= 4 is 11.8 Å². The Kier molecular flexibility index (Phi) is 4.47. The van der Waals surface area contributed by atoms with Crippen LogP contribution < -0.4 is 10.9 Å². The molecule has 0 aromatic carbocycles. The fourth-order valence-electron chi connectivity index (χ4n) is 3.21. The van der Waals surface area contributed by atoms with E-state index in [0.29, 0.717) is 25.2 Å². The van der Waals surface area contributed by atoms with Crippen LogP contribution in [0.2, 0.25) is 0 Å². The normalized spacial score (nSPS) is 20.5. The summed E-state index contributed by atoms with van der Waals surface area (Å²) in [5.74, 6) is 0.0910. The molecule has 0 aliphatic carbocycles. The maximum Gasteiger partial charge on any atom is 0.293 e. The SMILES string of the molecule is Cc1o[nH]c(=O)c1C(=O)NC1CCN(C(=O)c2nccn2C)C(C)C1. The smallest absolute Gasteiger partial charge is 0.293 e. The molecular weight excluding hydrogens is 326 g/mol. The molecule has 2 atom stereocenters. The van der Waals surface area contributed by atoms with Gasteiger partial charge in [0.25, 0.3) is 17.4 Å². The van der Waals surface area contributed by atoms with Crippen LogP contribution in [0.3, 0.4) is 0 Å². The Bertz CT molecular complexity index is 849. The summed E-state index contributed by atoms with van der Waals surface area (Å²) in [7, 11) is 1.78. The van der Waals surface area contributed by atoms with Gasteiger partial charge in [0.05, 0.1) is 0 Å². The molecule has 0 bridgehead atoms. The molecule has 2 amide bonds. The lowest BCUT2D eigenvalue weighted by molar-refractivity contribution is 0.0580. The first-order chi connectivity index (χ1) is 11.9. The maximum atomic E-state index is 12.6. The third-order valence-electron chi connectivity index (χ3n) is 4.59. The quantitative estimate of drug-likeness (QED) is 0.836. The van der Waals surface area contributed by atoms with E-state index in [9.17, 15) is 14.4 Å². The monoisotopic (exact) mass is 347 g/mol. The highest BCUT2D eigenvalue weighted by atomic mass is 16.5. The van der Waals surface area contributed by atoms with Gasteiger partial charge in [0.1, 0.15) is 11.3 Å². The number of imidazole rings is 1. The molecule has 0 saturated carbocycles. The molecule has 1 aliphatic heterocycles. The number of amides is 2. The molecule has 134 valence electrons. The highest BCUT2D eigenvalue weighted by molar-refractivity contribution is 5.95. The van der Waals surface area contributed by atoms with Crippen molar-refractivity contribution in [3.8, 4) is 0 Å². The molecule has 1 aliphatic rings. The van der Waals surface area contributed by atoms with Gasteiger partial charge in [-0.15, -0.1) is 0 Å². The zero-order valence-corrected chi connectivity index (χ0v) is 14.4. The molecule has 3 rings (SSSR count). The van der Waals surface area contributed by atoms with Gasteiger partial charge in [-0.1, -0.05) is 0 Å². The van der Waals surface area contributed by atoms with Crippen LogP contribution in [-0.4, -0.2) is 50.1 Å². The van der Waals surface area contributed by atoms with Crippen LogP contribution in [0, 0.1) is 6.92 Å². The number of nitrogens with zero attached hydrogens (tertiary/aromatic N) is 3. The van der Waals surface area contributed by atoms with Gasteiger partial charge in [-0.2, -0.15) is 5.16 Å². The van der Waals surface area contributed by atoms with Gasteiger partial charge in [-0.3, -0.25) is 14.4 Å². The van der Waals surface area contributed by atoms with E-state index in [1.165, 1.54) is 0 Å². The number of hydrogen-bond donors (Lipinski definition) is 2. The molecule has 1 fully saturated rings. The van der Waals surface area contributed by atoms with Crippen molar-refractivity contribution in [3.05, 3.63) is 39.9 Å². The van der Waals surface area contributed by atoms with Crippen molar-refractivity contribution in [2.45, 2.75) is 38.8 Å². The van der Waals surface area contributed by atoms with Gasteiger partial charge in [-0.05, 0) is 26.7 Å². The second-order valence-corrected chi connectivity index (χ2v) is 6.37. The first-order valence-corrected chi connectivity index (χ1v) is 8.15.